The second kappa shape index (κ2) is 15.6. The molecule has 0 saturated heterocycles. The van der Waals surface area contributed by atoms with Crippen LogP contribution in [0, 0.1) is 5.92 Å². The van der Waals surface area contributed by atoms with Gasteiger partial charge in [-0.15, -0.1) is 0 Å². The molecule has 0 aliphatic heterocycles. The fourth-order valence-electron chi connectivity index (χ4n) is 1.96. The first-order valence-corrected chi connectivity index (χ1v) is 9.98. The van der Waals surface area contributed by atoms with Gasteiger partial charge in [-0.05, 0) is 12.3 Å². The van der Waals surface area contributed by atoms with Crippen molar-refractivity contribution in [2.45, 2.75) is 39.5 Å². The molecule has 0 aromatic carbocycles. The smallest absolute Gasteiger partial charge is 0.339 e. The van der Waals surface area contributed by atoms with E-state index in [4.69, 9.17) is 19.6 Å². The molecule has 0 heterocycles. The minimum absolute atomic E-state index is 0. The topological polar surface area (TPSA) is 258 Å². The van der Waals surface area contributed by atoms with Gasteiger partial charge in [0.1, 0.15) is 12.6 Å². The first-order chi connectivity index (χ1) is 8.57. The molecule has 0 rings (SSSR count). The minimum atomic E-state index is -4.32. The predicted octanol–water partition coefficient (Wildman–Crippen LogP) is 2.42. The lowest BCUT2D eigenvalue weighted by molar-refractivity contribution is 0.236. The molecule has 0 saturated carbocycles. The Hall–Kier alpha value is 0.100. The zero-order chi connectivity index (χ0) is 15.1. The maximum Gasteiger partial charge on any atom is 0.339 e. The van der Waals surface area contributed by atoms with Gasteiger partial charge >= 0.3 is 15.2 Å². The van der Waals surface area contributed by atoms with Crippen LogP contribution in [-0.2, 0) is 9.13 Å². The van der Waals surface area contributed by atoms with Crippen LogP contribution in [0.3, 0.4) is 0 Å². The van der Waals surface area contributed by atoms with Crippen LogP contribution in [0.1, 0.15) is 39.5 Å². The molecule has 0 aliphatic rings. The van der Waals surface area contributed by atoms with E-state index in [-0.39, 0.29) is 30.5 Å². The van der Waals surface area contributed by atoms with Gasteiger partial charge in [0.25, 0.3) is 0 Å². The largest absolute Gasteiger partial charge is 0.344 e. The van der Waals surface area contributed by atoms with Gasteiger partial charge in [-0.25, -0.2) is 0 Å². The van der Waals surface area contributed by atoms with Crippen LogP contribution in [0.25, 0.3) is 0 Å². The van der Waals surface area contributed by atoms with Crippen LogP contribution < -0.4 is 24.6 Å². The van der Waals surface area contributed by atoms with Gasteiger partial charge in [-0.3, -0.25) is 14.0 Å². The lowest BCUT2D eigenvalue weighted by Crippen LogP contribution is -2.31. The van der Waals surface area contributed by atoms with Crippen LogP contribution >= 0.6 is 15.2 Å². The fourth-order valence-corrected chi connectivity index (χ4v) is 3.59. The van der Waals surface area contributed by atoms with Crippen LogP contribution in [0.15, 0.2) is 0 Å². The molecule has 1 atom stereocenters. The van der Waals surface area contributed by atoms with Crippen molar-refractivity contribution in [3.05, 3.63) is 0 Å². The maximum absolute atomic E-state index is 11.0. The summed E-state index contributed by atoms with van der Waals surface area (Å²) in [5, 5.41) is 0. The van der Waals surface area contributed by atoms with Crippen molar-refractivity contribution >= 4 is 15.2 Å². The Kier molecular flexibility index (Phi) is 23.4. The average molecular weight is 385 g/mol. The van der Waals surface area contributed by atoms with Crippen molar-refractivity contribution < 1.29 is 28.7 Å². The predicted molar refractivity (Wildman–Crippen MR) is 93.9 cm³/mol. The molecule has 0 aromatic heterocycles. The summed E-state index contributed by atoms with van der Waals surface area (Å²) in [6, 6.07) is 0. The van der Waals surface area contributed by atoms with Gasteiger partial charge in [0.05, 0.1) is 0 Å². The summed E-state index contributed by atoms with van der Waals surface area (Å²) in [4.78, 5) is 37.0. The zero-order valence-electron chi connectivity index (χ0n) is 14.3. The van der Waals surface area contributed by atoms with Gasteiger partial charge in [-0.2, -0.15) is 0 Å². The van der Waals surface area contributed by atoms with E-state index in [2.05, 4.69) is 6.92 Å². The van der Waals surface area contributed by atoms with Crippen LogP contribution in [0.4, 0.5) is 0 Å². The van der Waals surface area contributed by atoms with E-state index in [1.54, 1.807) is 0 Å². The third-order valence-corrected chi connectivity index (χ3v) is 4.37. The van der Waals surface area contributed by atoms with Gasteiger partial charge < -0.3 is 44.2 Å². The maximum atomic E-state index is 11.0. The van der Waals surface area contributed by atoms with Crippen LogP contribution in [-0.4, -0.2) is 43.6 Å². The molecule has 16 N–H and O–H groups in total. The summed E-state index contributed by atoms with van der Waals surface area (Å²) >= 11 is 0. The van der Waals surface area contributed by atoms with E-state index in [9.17, 15) is 9.13 Å². The van der Waals surface area contributed by atoms with E-state index >= 15 is 0 Å². The Morgan fingerprint density at radius 1 is 0.870 bits per heavy atom. The Morgan fingerprint density at radius 3 is 1.52 bits per heavy atom. The van der Waals surface area contributed by atoms with Gasteiger partial charge in [0.15, 0.2) is 0 Å². The van der Waals surface area contributed by atoms with Gasteiger partial charge in [0, 0.05) is 6.54 Å². The third-order valence-electron chi connectivity index (χ3n) is 2.83. The van der Waals surface area contributed by atoms with Crippen molar-refractivity contribution in [2.75, 3.05) is 19.1 Å². The highest BCUT2D eigenvalue weighted by molar-refractivity contribution is 7.52. The first-order valence-electron chi connectivity index (χ1n) is 6.39. The molecule has 0 radical (unpaired) electrons. The Bertz CT molecular complexity index is 327. The normalized spacial score (nSPS) is 12.3. The molecule has 0 amide bonds. The summed E-state index contributed by atoms with van der Waals surface area (Å²) < 4.78 is 22.0. The Balaban J connectivity index is -0.000000270. The van der Waals surface area contributed by atoms with Crippen LogP contribution in [0.5, 0.6) is 0 Å². The van der Waals surface area contributed by atoms with Crippen molar-refractivity contribution in [2.24, 2.45) is 5.92 Å². The highest BCUT2D eigenvalue weighted by Crippen LogP contribution is 2.41. The summed E-state index contributed by atoms with van der Waals surface area (Å²) in [5.41, 5.74) is 0. The second-order valence-electron chi connectivity index (χ2n) is 4.88. The molecule has 0 fully saturated rings. The van der Waals surface area contributed by atoms with E-state index < -0.39 is 27.8 Å². The minimum Gasteiger partial charge on any atom is -0.344 e. The van der Waals surface area contributed by atoms with Crippen molar-refractivity contribution in [1.29, 1.82) is 0 Å². The van der Waals surface area contributed by atoms with E-state index in [0.717, 1.165) is 25.7 Å². The molecular formula is C10H37N5O6P2. The quantitative estimate of drug-likeness (QED) is 0.253. The Labute approximate surface area is 138 Å². The molecule has 148 valence electrons. The summed E-state index contributed by atoms with van der Waals surface area (Å²) in [6.07, 6.45) is 2.51. The molecule has 11 nitrogen and oxygen atoms in total. The van der Waals surface area contributed by atoms with Crippen molar-refractivity contribution in [3.8, 4) is 0 Å². The Morgan fingerprint density at radius 2 is 1.26 bits per heavy atom. The monoisotopic (exact) mass is 385 g/mol. The lowest BCUT2D eigenvalue weighted by Gasteiger charge is -2.27. The molecule has 0 bridgehead atoms. The molecule has 0 aliphatic carbocycles. The van der Waals surface area contributed by atoms with E-state index in [0.29, 0.717) is 6.54 Å². The molecule has 0 spiro atoms. The fraction of sp³-hybridized carbons (Fsp3) is 1.00. The highest BCUT2D eigenvalue weighted by atomic mass is 31.2. The number of unbranched alkanes of at least 4 members (excludes halogenated alkanes) is 1. The van der Waals surface area contributed by atoms with Crippen LogP contribution in [0.2, 0.25) is 0 Å². The summed E-state index contributed by atoms with van der Waals surface area (Å²) in [6.45, 7) is 4.32. The molecular weight excluding hydrogens is 348 g/mol. The third kappa shape index (κ3) is 22.1. The van der Waals surface area contributed by atoms with Crippen molar-refractivity contribution in [1.82, 2.24) is 29.5 Å². The summed E-state index contributed by atoms with van der Waals surface area (Å²) in [5.74, 6) is 0.193. The lowest BCUT2D eigenvalue weighted by atomic mass is 9.99. The SMILES string of the molecule is CCCCC(CC)CN(CP(=O)(O)O)CP(=O)(O)O.N.N.N.N. The van der Waals surface area contributed by atoms with Gasteiger partial charge in [0.2, 0.25) is 0 Å². The second-order valence-corrected chi connectivity index (χ2v) is 8.11. The van der Waals surface area contributed by atoms with E-state index in [1.807, 2.05) is 6.92 Å². The average Bonchev–Trinajstić information content (AvgIpc) is 2.19. The molecule has 1 unspecified atom stereocenters. The summed E-state index contributed by atoms with van der Waals surface area (Å²) in [7, 11) is -8.64. The van der Waals surface area contributed by atoms with Crippen molar-refractivity contribution in [3.63, 3.8) is 0 Å². The standard InChI is InChI=1S/C10H25NO6P2.4H3N/c1-3-5-6-10(4-2)7-11(8-18(12,13)14)9-19(15,16)17;;;;/h10H,3-9H2,1-2H3,(H2,12,13,14)(H2,15,16,17);4*1H3. The number of hydrogen-bond donors (Lipinski definition) is 8. The number of rotatable bonds is 10. The number of nitrogens with zero attached hydrogens (tertiary/aromatic N) is 1. The first kappa shape index (κ1) is 34.4. The zero-order valence-corrected chi connectivity index (χ0v) is 16.1. The molecule has 13 heteroatoms. The highest BCUT2D eigenvalue weighted by Gasteiger charge is 2.27. The van der Waals surface area contributed by atoms with E-state index in [1.165, 1.54) is 4.90 Å². The van der Waals surface area contributed by atoms with Gasteiger partial charge in [-0.1, -0.05) is 33.1 Å². The molecule has 0 aromatic rings. The number of hydrogen-bond acceptors (Lipinski definition) is 7. The molecule has 23 heavy (non-hydrogen) atoms.